The van der Waals surface area contributed by atoms with Gasteiger partial charge in [0, 0.05) is 11.4 Å². The molecule has 0 saturated heterocycles. The van der Waals surface area contributed by atoms with Gasteiger partial charge in [0.25, 0.3) is 0 Å². The molecule has 0 heterocycles. The molecule has 0 aromatic heterocycles. The Balaban J connectivity index is 1.84. The quantitative estimate of drug-likeness (QED) is 0.465. The van der Waals surface area contributed by atoms with E-state index in [9.17, 15) is 14.4 Å². The lowest BCUT2D eigenvalue weighted by atomic mass is 10.2. The van der Waals surface area contributed by atoms with Crippen LogP contribution in [-0.4, -0.2) is 31.2 Å². The lowest BCUT2D eigenvalue weighted by Crippen LogP contribution is -2.19. The number of benzene rings is 2. The van der Waals surface area contributed by atoms with E-state index in [-0.39, 0.29) is 5.97 Å². The van der Waals surface area contributed by atoms with Gasteiger partial charge in [0.1, 0.15) is 0 Å². The number of esters is 2. The number of hydrogen-bond donors (Lipinski definition) is 2. The van der Waals surface area contributed by atoms with Crippen LogP contribution in [0.3, 0.4) is 0 Å². The molecule has 7 heteroatoms. The Bertz CT molecular complexity index is 816. The van der Waals surface area contributed by atoms with Crippen LogP contribution in [0.5, 0.6) is 0 Å². The first-order valence-corrected chi connectivity index (χ1v) is 9.65. The number of hydrogen-bond acceptors (Lipinski definition) is 5. The summed E-state index contributed by atoms with van der Waals surface area (Å²) in [6, 6.07) is 12.4. The van der Waals surface area contributed by atoms with Gasteiger partial charge >= 0.3 is 18.0 Å². The number of carbonyl (C=O) groups is 3. The summed E-state index contributed by atoms with van der Waals surface area (Å²) in [7, 11) is 0. The Hall–Kier alpha value is -3.35. The van der Waals surface area contributed by atoms with Gasteiger partial charge in [-0.3, -0.25) is 0 Å². The molecule has 7 nitrogen and oxygen atoms in total. The van der Waals surface area contributed by atoms with Gasteiger partial charge < -0.3 is 20.1 Å². The maximum Gasteiger partial charge on any atom is 0.338 e. The second-order valence-corrected chi connectivity index (χ2v) is 6.30. The van der Waals surface area contributed by atoms with Crippen LogP contribution in [0.2, 0.25) is 0 Å². The van der Waals surface area contributed by atoms with Crippen molar-refractivity contribution in [3.63, 3.8) is 0 Å². The monoisotopic (exact) mass is 398 g/mol. The molecule has 0 saturated carbocycles. The largest absolute Gasteiger partial charge is 0.462 e. The third-order valence-electron chi connectivity index (χ3n) is 4.01. The zero-order chi connectivity index (χ0) is 21.1. The van der Waals surface area contributed by atoms with E-state index in [0.29, 0.717) is 35.7 Å². The molecule has 0 aliphatic heterocycles. The predicted molar refractivity (Wildman–Crippen MR) is 111 cm³/mol. The summed E-state index contributed by atoms with van der Waals surface area (Å²) in [5.74, 6) is -0.786. The highest BCUT2D eigenvalue weighted by Gasteiger charge is 2.09. The van der Waals surface area contributed by atoms with Crippen LogP contribution in [0.4, 0.5) is 16.2 Å². The number of carbonyl (C=O) groups excluding carboxylic acids is 3. The molecule has 0 fully saturated rings. The van der Waals surface area contributed by atoms with Gasteiger partial charge in [-0.05, 0) is 61.9 Å². The average Bonchev–Trinajstić information content (AvgIpc) is 2.72. The van der Waals surface area contributed by atoms with Crippen molar-refractivity contribution in [2.45, 2.75) is 33.1 Å². The van der Waals surface area contributed by atoms with Gasteiger partial charge in [0.15, 0.2) is 0 Å². The third-order valence-corrected chi connectivity index (χ3v) is 4.01. The molecule has 29 heavy (non-hydrogen) atoms. The van der Waals surface area contributed by atoms with Crippen LogP contribution in [0.15, 0.2) is 48.5 Å². The summed E-state index contributed by atoms with van der Waals surface area (Å²) in [4.78, 5) is 35.7. The lowest BCUT2D eigenvalue weighted by Gasteiger charge is -2.09. The maximum atomic E-state index is 12.1. The van der Waals surface area contributed by atoms with Gasteiger partial charge in [-0.15, -0.1) is 0 Å². The van der Waals surface area contributed by atoms with E-state index in [0.717, 1.165) is 19.3 Å². The van der Waals surface area contributed by atoms with Crippen molar-refractivity contribution < 1.29 is 23.9 Å². The molecule has 2 aromatic carbocycles. The number of ether oxygens (including phenoxy) is 2. The fourth-order valence-corrected chi connectivity index (χ4v) is 2.49. The van der Waals surface area contributed by atoms with E-state index in [1.165, 1.54) is 0 Å². The van der Waals surface area contributed by atoms with Gasteiger partial charge in [-0.25, -0.2) is 14.4 Å². The van der Waals surface area contributed by atoms with E-state index >= 15 is 0 Å². The Morgan fingerprint density at radius 2 is 1.21 bits per heavy atom. The highest BCUT2D eigenvalue weighted by Crippen LogP contribution is 2.14. The van der Waals surface area contributed by atoms with E-state index in [4.69, 9.17) is 9.47 Å². The third kappa shape index (κ3) is 7.29. The van der Waals surface area contributed by atoms with Crippen molar-refractivity contribution in [2.24, 2.45) is 0 Å². The molecule has 154 valence electrons. The minimum Gasteiger partial charge on any atom is -0.462 e. The molecular formula is C22H26N2O5. The summed E-state index contributed by atoms with van der Waals surface area (Å²) < 4.78 is 10.1. The van der Waals surface area contributed by atoms with Crippen molar-refractivity contribution in [3.8, 4) is 0 Å². The highest BCUT2D eigenvalue weighted by molar-refractivity contribution is 6.00. The lowest BCUT2D eigenvalue weighted by molar-refractivity contribution is 0.0495. The number of anilines is 2. The minimum absolute atomic E-state index is 0.302. The Labute approximate surface area is 170 Å². The molecule has 2 rings (SSSR count). The van der Waals surface area contributed by atoms with Crippen molar-refractivity contribution in [1.29, 1.82) is 0 Å². The topological polar surface area (TPSA) is 93.7 Å². The van der Waals surface area contributed by atoms with Crippen molar-refractivity contribution in [3.05, 3.63) is 59.7 Å². The Morgan fingerprint density at radius 3 is 1.66 bits per heavy atom. The zero-order valence-electron chi connectivity index (χ0n) is 16.7. The summed E-state index contributed by atoms with van der Waals surface area (Å²) in [6.07, 6.45) is 2.94. The normalized spacial score (nSPS) is 10.1. The number of rotatable bonds is 9. The molecule has 2 amide bonds. The molecule has 0 aliphatic rings. The smallest absolute Gasteiger partial charge is 0.338 e. The van der Waals surface area contributed by atoms with E-state index in [2.05, 4.69) is 17.6 Å². The molecular weight excluding hydrogens is 372 g/mol. The first-order chi connectivity index (χ1) is 14.0. The SMILES string of the molecule is CCCCCOC(=O)c1ccc(NC(=O)Nc2ccc(C(=O)OCC)cc2)cc1. The summed E-state index contributed by atoms with van der Waals surface area (Å²) >= 11 is 0. The van der Waals surface area contributed by atoms with Crippen LogP contribution in [0.1, 0.15) is 53.8 Å². The molecule has 0 bridgehead atoms. The fourth-order valence-electron chi connectivity index (χ4n) is 2.49. The maximum absolute atomic E-state index is 12.1. The van der Waals surface area contributed by atoms with Crippen LogP contribution in [0, 0.1) is 0 Å². The van der Waals surface area contributed by atoms with Crippen molar-refractivity contribution in [1.82, 2.24) is 0 Å². The van der Waals surface area contributed by atoms with E-state index in [1.807, 2.05) is 0 Å². The summed E-state index contributed by atoms with van der Waals surface area (Å²) in [5, 5.41) is 5.35. The molecule has 0 spiro atoms. The van der Waals surface area contributed by atoms with Crippen molar-refractivity contribution >= 4 is 29.3 Å². The van der Waals surface area contributed by atoms with Gasteiger partial charge in [0.05, 0.1) is 24.3 Å². The van der Waals surface area contributed by atoms with Gasteiger partial charge in [0.2, 0.25) is 0 Å². The van der Waals surface area contributed by atoms with Crippen LogP contribution in [-0.2, 0) is 9.47 Å². The molecule has 2 N–H and O–H groups in total. The molecule has 0 unspecified atom stereocenters. The number of urea groups is 1. The molecule has 0 radical (unpaired) electrons. The van der Waals surface area contributed by atoms with Crippen LogP contribution >= 0.6 is 0 Å². The van der Waals surface area contributed by atoms with Crippen LogP contribution in [0.25, 0.3) is 0 Å². The van der Waals surface area contributed by atoms with Crippen LogP contribution < -0.4 is 10.6 Å². The number of nitrogens with one attached hydrogen (secondary N) is 2. The van der Waals surface area contributed by atoms with Gasteiger partial charge in [-0.2, -0.15) is 0 Å². The predicted octanol–water partition coefficient (Wildman–Crippen LogP) is 4.85. The Morgan fingerprint density at radius 1 is 0.724 bits per heavy atom. The second-order valence-electron chi connectivity index (χ2n) is 6.30. The first kappa shape index (κ1) is 21.9. The van der Waals surface area contributed by atoms with E-state index in [1.54, 1.807) is 55.5 Å². The highest BCUT2D eigenvalue weighted by atomic mass is 16.5. The fraction of sp³-hybridized carbons (Fsp3) is 0.318. The molecule has 2 aromatic rings. The molecule has 0 atom stereocenters. The Kier molecular flexibility index (Phi) is 8.69. The average molecular weight is 398 g/mol. The summed E-state index contributed by atoms with van der Waals surface area (Å²) in [5.41, 5.74) is 1.91. The van der Waals surface area contributed by atoms with E-state index < -0.39 is 12.0 Å². The second kappa shape index (κ2) is 11.5. The molecule has 0 aliphatic carbocycles. The standard InChI is InChI=1S/C22H26N2O5/c1-3-5-6-15-29-21(26)17-9-13-19(14-10-17)24-22(27)23-18-11-7-16(8-12-18)20(25)28-4-2/h7-14H,3-6,15H2,1-2H3,(H2,23,24,27). The van der Waals surface area contributed by atoms with Crippen molar-refractivity contribution in [2.75, 3.05) is 23.8 Å². The summed E-state index contributed by atoms with van der Waals surface area (Å²) in [6.45, 7) is 4.53. The number of unbranched alkanes of at least 4 members (excludes halogenated alkanes) is 2. The minimum atomic E-state index is -0.441. The van der Waals surface area contributed by atoms with Gasteiger partial charge in [-0.1, -0.05) is 19.8 Å². The number of amides is 2. The zero-order valence-corrected chi connectivity index (χ0v) is 16.7. The first-order valence-electron chi connectivity index (χ1n) is 9.65.